The largest absolute Gasteiger partial charge is 0.228 e. The van der Waals surface area contributed by atoms with Gasteiger partial charge in [0.1, 0.15) is 0 Å². The lowest BCUT2D eigenvalue weighted by atomic mass is 9.80. The van der Waals surface area contributed by atoms with Gasteiger partial charge in [-0.2, -0.15) is 0 Å². The fraction of sp³-hybridized carbons (Fsp3) is 0.0638. The van der Waals surface area contributed by atoms with Crippen molar-refractivity contribution in [3.8, 4) is 67.3 Å². The third-order valence-electron chi connectivity index (χ3n) is 10.1. The summed E-state index contributed by atoms with van der Waals surface area (Å²) in [5.74, 6) is 0.715. The van der Waals surface area contributed by atoms with Crippen LogP contribution >= 0.6 is 0 Å². The summed E-state index contributed by atoms with van der Waals surface area (Å²) in [7, 11) is 0. The minimum atomic E-state index is -0.0951. The van der Waals surface area contributed by atoms with Gasteiger partial charge < -0.3 is 0 Å². The fourth-order valence-corrected chi connectivity index (χ4v) is 7.47. The molecule has 232 valence electrons. The first kappa shape index (κ1) is 29.1. The van der Waals surface area contributed by atoms with E-state index in [1.165, 1.54) is 55.3 Å². The van der Waals surface area contributed by atoms with Gasteiger partial charge in [0, 0.05) is 22.1 Å². The lowest BCUT2D eigenvalue weighted by Crippen LogP contribution is -2.15. The average Bonchev–Trinajstić information content (AvgIpc) is 3.40. The van der Waals surface area contributed by atoms with Crippen LogP contribution < -0.4 is 0 Å². The molecule has 0 N–H and O–H groups in total. The van der Waals surface area contributed by atoms with Crippen LogP contribution in [0.1, 0.15) is 25.0 Å². The number of hydrogen-bond acceptors (Lipinski definition) is 2. The van der Waals surface area contributed by atoms with E-state index in [1.807, 2.05) is 12.1 Å². The van der Waals surface area contributed by atoms with Crippen molar-refractivity contribution in [1.82, 2.24) is 9.97 Å². The zero-order chi connectivity index (χ0) is 33.0. The van der Waals surface area contributed by atoms with Crippen LogP contribution in [0.5, 0.6) is 0 Å². The van der Waals surface area contributed by atoms with E-state index in [0.717, 1.165) is 28.1 Å². The van der Waals surface area contributed by atoms with E-state index in [2.05, 4.69) is 172 Å². The van der Waals surface area contributed by atoms with Gasteiger partial charge in [0.2, 0.25) is 0 Å². The summed E-state index contributed by atoms with van der Waals surface area (Å²) in [5, 5.41) is 2.49. The molecular weight excluding hydrogens is 593 g/mol. The van der Waals surface area contributed by atoms with Gasteiger partial charge in [-0.25, -0.2) is 9.97 Å². The SMILES string of the molecule is CC1(C)c2ccccc2-c2cc(-c3ccc4ccccc4c3)c(-c3ccc(-c4nc(-c5ccccc5)cc(-c5ccccc5)n4)cc3)cc21. The molecule has 1 aliphatic carbocycles. The Kier molecular flexibility index (Phi) is 6.84. The van der Waals surface area contributed by atoms with Gasteiger partial charge in [0.05, 0.1) is 11.4 Å². The molecule has 2 nitrogen and oxygen atoms in total. The molecule has 1 aliphatic rings. The van der Waals surface area contributed by atoms with E-state index in [1.54, 1.807) is 0 Å². The zero-order valence-corrected chi connectivity index (χ0v) is 27.6. The van der Waals surface area contributed by atoms with Crippen molar-refractivity contribution in [1.29, 1.82) is 0 Å². The van der Waals surface area contributed by atoms with E-state index in [0.29, 0.717) is 5.82 Å². The number of hydrogen-bond donors (Lipinski definition) is 0. The van der Waals surface area contributed by atoms with Gasteiger partial charge in [0.15, 0.2) is 5.82 Å². The maximum Gasteiger partial charge on any atom is 0.160 e. The van der Waals surface area contributed by atoms with Gasteiger partial charge in [-0.15, -0.1) is 0 Å². The van der Waals surface area contributed by atoms with Crippen molar-refractivity contribution in [3.63, 3.8) is 0 Å². The topological polar surface area (TPSA) is 25.8 Å². The highest BCUT2D eigenvalue weighted by molar-refractivity contribution is 5.95. The smallest absolute Gasteiger partial charge is 0.160 e. The Balaban J connectivity index is 1.20. The van der Waals surface area contributed by atoms with Crippen molar-refractivity contribution in [2.45, 2.75) is 19.3 Å². The first-order chi connectivity index (χ1) is 24.0. The van der Waals surface area contributed by atoms with Crippen LogP contribution in [-0.2, 0) is 5.41 Å². The zero-order valence-electron chi connectivity index (χ0n) is 27.6. The number of rotatable bonds is 5. The summed E-state index contributed by atoms with van der Waals surface area (Å²) in [6, 6.07) is 60.8. The summed E-state index contributed by atoms with van der Waals surface area (Å²) in [4.78, 5) is 10.1. The maximum atomic E-state index is 5.07. The van der Waals surface area contributed by atoms with Gasteiger partial charge >= 0.3 is 0 Å². The van der Waals surface area contributed by atoms with Gasteiger partial charge in [0.25, 0.3) is 0 Å². The molecule has 0 saturated heterocycles. The number of nitrogens with zero attached hydrogens (tertiary/aromatic N) is 2. The lowest BCUT2D eigenvalue weighted by Gasteiger charge is -2.23. The molecule has 0 amide bonds. The average molecular weight is 627 g/mol. The molecular formula is C47H34N2. The lowest BCUT2D eigenvalue weighted by molar-refractivity contribution is 0.660. The molecule has 0 saturated carbocycles. The fourth-order valence-electron chi connectivity index (χ4n) is 7.47. The molecule has 0 atom stereocenters. The molecule has 1 heterocycles. The summed E-state index contributed by atoms with van der Waals surface area (Å²) >= 11 is 0. The molecule has 1 aromatic heterocycles. The second-order valence-electron chi connectivity index (χ2n) is 13.4. The first-order valence-corrected chi connectivity index (χ1v) is 16.9. The van der Waals surface area contributed by atoms with Gasteiger partial charge in [-0.3, -0.25) is 0 Å². The molecule has 8 aromatic rings. The van der Waals surface area contributed by atoms with Gasteiger partial charge in [-0.1, -0.05) is 159 Å². The molecule has 9 rings (SSSR count). The van der Waals surface area contributed by atoms with E-state index in [9.17, 15) is 0 Å². The third-order valence-corrected chi connectivity index (χ3v) is 10.1. The molecule has 0 spiro atoms. The van der Waals surface area contributed by atoms with Crippen LogP contribution in [0.4, 0.5) is 0 Å². The quantitative estimate of drug-likeness (QED) is 0.190. The summed E-state index contributed by atoms with van der Waals surface area (Å²) < 4.78 is 0. The van der Waals surface area contributed by atoms with Crippen molar-refractivity contribution >= 4 is 10.8 Å². The van der Waals surface area contributed by atoms with Crippen molar-refractivity contribution in [2.24, 2.45) is 0 Å². The molecule has 0 unspecified atom stereocenters. The van der Waals surface area contributed by atoms with Crippen molar-refractivity contribution < 1.29 is 0 Å². The Morgan fingerprint density at radius 3 is 1.59 bits per heavy atom. The van der Waals surface area contributed by atoms with E-state index in [-0.39, 0.29) is 5.41 Å². The number of fused-ring (bicyclic) bond motifs is 4. The van der Waals surface area contributed by atoms with Crippen molar-refractivity contribution in [3.05, 3.63) is 181 Å². The maximum absolute atomic E-state index is 5.07. The summed E-state index contributed by atoms with van der Waals surface area (Å²) in [6.45, 7) is 4.70. The van der Waals surface area contributed by atoms with Crippen LogP contribution in [0.25, 0.3) is 78.1 Å². The highest BCUT2D eigenvalue weighted by Gasteiger charge is 2.36. The molecule has 0 fully saturated rings. The van der Waals surface area contributed by atoms with Crippen LogP contribution in [0, 0.1) is 0 Å². The van der Waals surface area contributed by atoms with Crippen LogP contribution in [0.3, 0.4) is 0 Å². The molecule has 0 bridgehead atoms. The van der Waals surface area contributed by atoms with Crippen molar-refractivity contribution in [2.75, 3.05) is 0 Å². The molecule has 2 heteroatoms. The normalized spacial score (nSPS) is 12.9. The Hall–Kier alpha value is -6.12. The Morgan fingerprint density at radius 2 is 0.898 bits per heavy atom. The molecule has 49 heavy (non-hydrogen) atoms. The van der Waals surface area contributed by atoms with E-state index >= 15 is 0 Å². The monoisotopic (exact) mass is 626 g/mol. The standard InChI is InChI=1S/C47H34N2/c1-47(2)42-20-12-11-19-38(42)41-28-39(37-26-21-31-13-9-10-18-36(31)27-37)40(29-43(41)47)32-22-24-35(25-23-32)46-48-44(33-14-5-3-6-15-33)30-45(49-46)34-16-7-4-8-17-34/h3-30H,1-2H3. The van der Waals surface area contributed by atoms with E-state index in [4.69, 9.17) is 9.97 Å². The van der Waals surface area contributed by atoms with E-state index < -0.39 is 0 Å². The summed E-state index contributed by atoms with van der Waals surface area (Å²) in [5.41, 5.74) is 15.1. The Labute approximate surface area is 287 Å². The summed E-state index contributed by atoms with van der Waals surface area (Å²) in [6.07, 6.45) is 0. The minimum Gasteiger partial charge on any atom is -0.228 e. The Bertz CT molecular complexity index is 2440. The second kappa shape index (κ2) is 11.5. The number of benzene rings is 7. The molecule has 0 radical (unpaired) electrons. The second-order valence-corrected chi connectivity index (χ2v) is 13.4. The predicted octanol–water partition coefficient (Wildman–Crippen LogP) is 12.3. The molecule has 7 aromatic carbocycles. The predicted molar refractivity (Wildman–Crippen MR) is 204 cm³/mol. The first-order valence-electron chi connectivity index (χ1n) is 16.9. The third kappa shape index (κ3) is 5.05. The molecule has 0 aliphatic heterocycles. The van der Waals surface area contributed by atoms with Crippen LogP contribution in [0.2, 0.25) is 0 Å². The van der Waals surface area contributed by atoms with Gasteiger partial charge in [-0.05, 0) is 79.5 Å². The van der Waals surface area contributed by atoms with Crippen LogP contribution in [-0.4, -0.2) is 9.97 Å². The Morgan fingerprint density at radius 1 is 0.347 bits per heavy atom. The highest BCUT2D eigenvalue weighted by Crippen LogP contribution is 2.52. The number of aromatic nitrogens is 2. The minimum absolute atomic E-state index is 0.0951. The highest BCUT2D eigenvalue weighted by atomic mass is 14.9. The van der Waals surface area contributed by atoms with Crippen LogP contribution in [0.15, 0.2) is 170 Å².